The predicted octanol–water partition coefficient (Wildman–Crippen LogP) is 1.74. The lowest BCUT2D eigenvalue weighted by molar-refractivity contribution is -0.140. The van der Waals surface area contributed by atoms with Gasteiger partial charge >= 0.3 is 14.8 Å². The van der Waals surface area contributed by atoms with Gasteiger partial charge in [0.25, 0.3) is 0 Å². The molecule has 1 atom stereocenters. The molecule has 1 unspecified atom stereocenters. The summed E-state index contributed by atoms with van der Waals surface area (Å²) in [7, 11) is -2.55. The van der Waals surface area contributed by atoms with E-state index in [1.54, 1.807) is 6.92 Å². The standard InChI is InChI=1S/C13H29NO5Si/c1-5-17-20(18-6-2,19-7-3)10-8-9-14-11-12(4)13(15)16/h12,14H,5-11H2,1-4H3,(H,15,16). The van der Waals surface area contributed by atoms with Crippen molar-refractivity contribution in [3.63, 3.8) is 0 Å². The summed E-state index contributed by atoms with van der Waals surface area (Å²) in [5, 5.41) is 11.9. The second-order valence-corrected chi connectivity index (χ2v) is 7.26. The first kappa shape index (κ1) is 19.5. The molecule has 0 aromatic rings. The number of rotatable bonds is 13. The third-order valence-electron chi connectivity index (χ3n) is 2.80. The summed E-state index contributed by atoms with van der Waals surface area (Å²) in [5.41, 5.74) is 0. The average molecular weight is 307 g/mol. The Balaban J connectivity index is 4.09. The molecule has 0 spiro atoms. The summed E-state index contributed by atoms with van der Waals surface area (Å²) < 4.78 is 17.2. The fourth-order valence-corrected chi connectivity index (χ4v) is 4.45. The molecule has 6 nitrogen and oxygen atoms in total. The van der Waals surface area contributed by atoms with E-state index in [0.717, 1.165) is 19.0 Å². The Morgan fingerprint density at radius 1 is 1.15 bits per heavy atom. The molecule has 120 valence electrons. The zero-order valence-electron chi connectivity index (χ0n) is 13.1. The van der Waals surface area contributed by atoms with E-state index in [1.165, 1.54) is 0 Å². The summed E-state index contributed by atoms with van der Waals surface area (Å²) >= 11 is 0. The van der Waals surface area contributed by atoms with Gasteiger partial charge in [-0.2, -0.15) is 0 Å². The molecule has 0 rings (SSSR count). The molecule has 0 aromatic heterocycles. The maximum absolute atomic E-state index is 10.7. The first-order chi connectivity index (χ1) is 9.51. The van der Waals surface area contributed by atoms with E-state index in [1.807, 2.05) is 20.8 Å². The van der Waals surface area contributed by atoms with Gasteiger partial charge in [-0.3, -0.25) is 4.79 Å². The second kappa shape index (κ2) is 11.2. The molecule has 0 saturated carbocycles. The third kappa shape index (κ3) is 7.96. The van der Waals surface area contributed by atoms with Gasteiger partial charge in [0.1, 0.15) is 0 Å². The molecular formula is C13H29NO5Si. The second-order valence-electron chi connectivity index (χ2n) is 4.53. The van der Waals surface area contributed by atoms with Crippen LogP contribution in [0.2, 0.25) is 6.04 Å². The van der Waals surface area contributed by atoms with E-state index in [4.69, 9.17) is 18.4 Å². The third-order valence-corrected chi connectivity index (χ3v) is 5.95. The molecule has 0 amide bonds. The van der Waals surface area contributed by atoms with Gasteiger partial charge < -0.3 is 23.7 Å². The van der Waals surface area contributed by atoms with Crippen molar-refractivity contribution in [3.05, 3.63) is 0 Å². The van der Waals surface area contributed by atoms with Crippen molar-refractivity contribution in [2.24, 2.45) is 5.92 Å². The van der Waals surface area contributed by atoms with E-state index in [-0.39, 0.29) is 5.92 Å². The highest BCUT2D eigenvalue weighted by atomic mass is 28.4. The van der Waals surface area contributed by atoms with Crippen molar-refractivity contribution in [3.8, 4) is 0 Å². The summed E-state index contributed by atoms with van der Waals surface area (Å²) in [6, 6.07) is 0.747. The van der Waals surface area contributed by atoms with Crippen LogP contribution >= 0.6 is 0 Å². The molecule has 0 heterocycles. The molecule has 0 aliphatic rings. The summed E-state index contributed by atoms with van der Waals surface area (Å²) in [5.74, 6) is -1.15. The first-order valence-electron chi connectivity index (χ1n) is 7.36. The largest absolute Gasteiger partial charge is 0.500 e. The Bertz CT molecular complexity index is 248. The lowest BCUT2D eigenvalue weighted by Crippen LogP contribution is -2.46. The number of nitrogens with one attached hydrogen (secondary N) is 1. The normalized spacial score (nSPS) is 13.4. The number of carbonyl (C=O) groups is 1. The van der Waals surface area contributed by atoms with E-state index >= 15 is 0 Å². The van der Waals surface area contributed by atoms with Crippen molar-refractivity contribution in [1.29, 1.82) is 0 Å². The topological polar surface area (TPSA) is 77.0 Å². The maximum atomic E-state index is 10.7. The van der Waals surface area contributed by atoms with E-state index in [2.05, 4.69) is 5.32 Å². The zero-order chi connectivity index (χ0) is 15.4. The minimum Gasteiger partial charge on any atom is -0.481 e. The van der Waals surface area contributed by atoms with Crippen LogP contribution in [-0.2, 0) is 18.1 Å². The van der Waals surface area contributed by atoms with Crippen LogP contribution in [0, 0.1) is 5.92 Å². The molecule has 7 heteroatoms. The monoisotopic (exact) mass is 307 g/mol. The summed E-state index contributed by atoms with van der Waals surface area (Å²) in [4.78, 5) is 10.7. The van der Waals surface area contributed by atoms with Crippen LogP contribution in [0.5, 0.6) is 0 Å². The average Bonchev–Trinajstić information content (AvgIpc) is 2.39. The predicted molar refractivity (Wildman–Crippen MR) is 79.7 cm³/mol. The molecule has 2 N–H and O–H groups in total. The van der Waals surface area contributed by atoms with Crippen LogP contribution in [0.25, 0.3) is 0 Å². The van der Waals surface area contributed by atoms with Gasteiger partial charge in [-0.25, -0.2) is 0 Å². The van der Waals surface area contributed by atoms with Gasteiger partial charge in [-0.1, -0.05) is 6.92 Å². The van der Waals surface area contributed by atoms with E-state index < -0.39 is 14.8 Å². The van der Waals surface area contributed by atoms with Crippen molar-refractivity contribution in [2.45, 2.75) is 40.2 Å². The SMILES string of the molecule is CCO[Si](CCCNCC(C)C(=O)O)(OCC)OCC. The van der Waals surface area contributed by atoms with E-state index in [9.17, 15) is 4.79 Å². The van der Waals surface area contributed by atoms with Crippen LogP contribution in [0.3, 0.4) is 0 Å². The van der Waals surface area contributed by atoms with E-state index in [0.29, 0.717) is 26.4 Å². The Hall–Kier alpha value is -0.473. The number of carboxylic acid groups (broad SMARTS) is 1. The molecule has 20 heavy (non-hydrogen) atoms. The molecule has 0 saturated heterocycles. The Labute approximate surface area is 123 Å². The Morgan fingerprint density at radius 3 is 2.05 bits per heavy atom. The summed E-state index contributed by atoms with van der Waals surface area (Å²) in [6.45, 7) is 10.4. The van der Waals surface area contributed by atoms with Gasteiger partial charge in [-0.15, -0.1) is 0 Å². The molecule has 0 aliphatic carbocycles. The van der Waals surface area contributed by atoms with Crippen LogP contribution in [-0.4, -0.2) is 52.8 Å². The molecule has 0 fully saturated rings. The van der Waals surface area contributed by atoms with Gasteiger partial charge in [0, 0.05) is 32.4 Å². The summed E-state index contributed by atoms with van der Waals surface area (Å²) in [6.07, 6.45) is 0.846. The minimum absolute atomic E-state index is 0.373. The number of hydrogen-bond donors (Lipinski definition) is 2. The van der Waals surface area contributed by atoms with Crippen molar-refractivity contribution in [2.75, 3.05) is 32.9 Å². The lowest BCUT2D eigenvalue weighted by atomic mass is 10.2. The van der Waals surface area contributed by atoms with Gasteiger partial charge in [-0.05, 0) is 33.7 Å². The first-order valence-corrected chi connectivity index (χ1v) is 9.29. The zero-order valence-corrected chi connectivity index (χ0v) is 14.1. The number of aliphatic carboxylic acids is 1. The highest BCUT2D eigenvalue weighted by Gasteiger charge is 2.39. The smallest absolute Gasteiger partial charge is 0.481 e. The number of hydrogen-bond acceptors (Lipinski definition) is 5. The quantitative estimate of drug-likeness (QED) is 0.399. The Morgan fingerprint density at radius 2 is 1.65 bits per heavy atom. The fourth-order valence-electron chi connectivity index (χ4n) is 1.84. The van der Waals surface area contributed by atoms with Crippen molar-refractivity contribution in [1.82, 2.24) is 5.32 Å². The van der Waals surface area contributed by atoms with Crippen LogP contribution in [0.4, 0.5) is 0 Å². The van der Waals surface area contributed by atoms with Gasteiger partial charge in [0.2, 0.25) is 0 Å². The fraction of sp³-hybridized carbons (Fsp3) is 0.923. The van der Waals surface area contributed by atoms with Crippen LogP contribution in [0.15, 0.2) is 0 Å². The maximum Gasteiger partial charge on any atom is 0.500 e. The molecule has 0 aromatic carbocycles. The molecule has 0 aliphatic heterocycles. The highest BCUT2D eigenvalue weighted by molar-refractivity contribution is 6.60. The van der Waals surface area contributed by atoms with Crippen molar-refractivity contribution >= 4 is 14.8 Å². The lowest BCUT2D eigenvalue weighted by Gasteiger charge is -2.28. The van der Waals surface area contributed by atoms with Crippen LogP contribution in [0.1, 0.15) is 34.1 Å². The number of carboxylic acids is 1. The van der Waals surface area contributed by atoms with Crippen LogP contribution < -0.4 is 5.32 Å². The van der Waals surface area contributed by atoms with Gasteiger partial charge in [0.15, 0.2) is 0 Å². The molecule has 0 bridgehead atoms. The minimum atomic E-state index is -2.55. The Kier molecular flexibility index (Phi) is 10.9. The van der Waals surface area contributed by atoms with Gasteiger partial charge in [0.05, 0.1) is 5.92 Å². The molecule has 0 radical (unpaired) electrons. The highest BCUT2D eigenvalue weighted by Crippen LogP contribution is 2.17. The molecular weight excluding hydrogens is 278 g/mol. The van der Waals surface area contributed by atoms with Crippen molar-refractivity contribution < 1.29 is 23.2 Å².